The normalized spacial score (nSPS) is 20.6. The molecule has 2 rings (SSSR count). The summed E-state index contributed by atoms with van der Waals surface area (Å²) in [6.45, 7) is 6.64. The zero-order valence-electron chi connectivity index (χ0n) is 7.98. The van der Waals surface area contributed by atoms with Crippen LogP contribution in [0.1, 0.15) is 41.8 Å². The first-order chi connectivity index (χ1) is 5.62. The second-order valence-electron chi connectivity index (χ2n) is 4.05. The van der Waals surface area contributed by atoms with Crippen molar-refractivity contribution in [3.05, 3.63) is 15.6 Å². The zero-order valence-corrected chi connectivity index (χ0v) is 8.79. The molecule has 1 aromatic heterocycles. The molecule has 1 nitrogen and oxygen atoms in total. The summed E-state index contributed by atoms with van der Waals surface area (Å²) in [5.74, 6) is 0. The summed E-state index contributed by atoms with van der Waals surface area (Å²) in [6.07, 6.45) is 4.04. The van der Waals surface area contributed by atoms with Crippen LogP contribution in [0, 0.1) is 13.8 Å². The fourth-order valence-corrected chi connectivity index (χ4v) is 3.00. The molecule has 0 aliphatic heterocycles. The number of hydrogen-bond donors (Lipinski definition) is 0. The minimum Gasteiger partial charge on any atom is -0.246 e. The second-order valence-corrected chi connectivity index (χ2v) is 5.46. The number of aromatic nitrogens is 1. The zero-order chi connectivity index (χ0) is 8.77. The van der Waals surface area contributed by atoms with Gasteiger partial charge in [-0.15, -0.1) is 11.3 Å². The van der Waals surface area contributed by atoms with E-state index in [1.54, 1.807) is 0 Å². The van der Waals surface area contributed by atoms with Gasteiger partial charge in [-0.05, 0) is 26.7 Å². The third kappa shape index (κ3) is 1.09. The van der Waals surface area contributed by atoms with Crippen LogP contribution in [-0.2, 0) is 5.41 Å². The van der Waals surface area contributed by atoms with Gasteiger partial charge in [-0.1, -0.05) is 13.3 Å². The van der Waals surface area contributed by atoms with E-state index in [9.17, 15) is 0 Å². The topological polar surface area (TPSA) is 12.9 Å². The number of aryl methyl sites for hydroxylation is 2. The molecular weight excluding hydrogens is 166 g/mol. The minimum absolute atomic E-state index is 0.425. The summed E-state index contributed by atoms with van der Waals surface area (Å²) in [6, 6.07) is 0. The number of rotatable bonds is 1. The average Bonchev–Trinajstić information content (AvgIpc) is 2.25. The Hall–Kier alpha value is -0.370. The first-order valence-corrected chi connectivity index (χ1v) is 5.38. The van der Waals surface area contributed by atoms with Crippen molar-refractivity contribution in [1.29, 1.82) is 0 Å². The third-order valence-electron chi connectivity index (χ3n) is 2.93. The Balaban J connectivity index is 2.38. The summed E-state index contributed by atoms with van der Waals surface area (Å²) >= 11 is 1.83. The van der Waals surface area contributed by atoms with Gasteiger partial charge in [0, 0.05) is 10.3 Å². The van der Waals surface area contributed by atoms with E-state index in [0.29, 0.717) is 5.41 Å². The van der Waals surface area contributed by atoms with Crippen LogP contribution in [0.5, 0.6) is 0 Å². The van der Waals surface area contributed by atoms with Crippen molar-refractivity contribution in [2.75, 3.05) is 0 Å². The lowest BCUT2D eigenvalue weighted by atomic mass is 9.68. The van der Waals surface area contributed by atoms with E-state index < -0.39 is 0 Å². The van der Waals surface area contributed by atoms with E-state index in [1.807, 2.05) is 11.3 Å². The fraction of sp³-hybridized carbons (Fsp3) is 0.700. The second kappa shape index (κ2) is 2.56. The van der Waals surface area contributed by atoms with Crippen LogP contribution in [0.15, 0.2) is 0 Å². The minimum atomic E-state index is 0.425. The van der Waals surface area contributed by atoms with E-state index in [4.69, 9.17) is 0 Å². The lowest BCUT2D eigenvalue weighted by molar-refractivity contribution is 0.264. The first-order valence-electron chi connectivity index (χ1n) is 4.56. The molecule has 1 aliphatic carbocycles. The quantitative estimate of drug-likeness (QED) is 0.648. The standard InChI is InChI=1S/C10H15NS/c1-7-9(11-8(2)12-7)10(3)5-4-6-10/h4-6H2,1-3H3. The van der Waals surface area contributed by atoms with Gasteiger partial charge in [-0.25, -0.2) is 4.98 Å². The Morgan fingerprint density at radius 2 is 2.00 bits per heavy atom. The van der Waals surface area contributed by atoms with Crippen molar-refractivity contribution in [2.24, 2.45) is 0 Å². The summed E-state index contributed by atoms with van der Waals surface area (Å²) in [4.78, 5) is 6.05. The van der Waals surface area contributed by atoms with Gasteiger partial charge >= 0.3 is 0 Å². The van der Waals surface area contributed by atoms with E-state index in [2.05, 4.69) is 25.8 Å². The highest BCUT2D eigenvalue weighted by Gasteiger charge is 2.36. The third-order valence-corrected chi connectivity index (χ3v) is 3.82. The van der Waals surface area contributed by atoms with E-state index in [1.165, 1.54) is 34.8 Å². The van der Waals surface area contributed by atoms with Crippen molar-refractivity contribution >= 4 is 11.3 Å². The van der Waals surface area contributed by atoms with Gasteiger partial charge in [-0.2, -0.15) is 0 Å². The van der Waals surface area contributed by atoms with Crippen LogP contribution < -0.4 is 0 Å². The van der Waals surface area contributed by atoms with Gasteiger partial charge < -0.3 is 0 Å². The first kappa shape index (κ1) is 8.24. The molecule has 1 aliphatic rings. The summed E-state index contributed by atoms with van der Waals surface area (Å²) < 4.78 is 0. The molecule has 2 heteroatoms. The Morgan fingerprint density at radius 1 is 1.33 bits per heavy atom. The van der Waals surface area contributed by atoms with Crippen LogP contribution in [-0.4, -0.2) is 4.98 Å². The van der Waals surface area contributed by atoms with E-state index >= 15 is 0 Å². The van der Waals surface area contributed by atoms with Gasteiger partial charge in [-0.3, -0.25) is 0 Å². The molecule has 0 unspecified atom stereocenters. The van der Waals surface area contributed by atoms with Gasteiger partial charge in [0.05, 0.1) is 10.7 Å². The van der Waals surface area contributed by atoms with Crippen molar-refractivity contribution in [3.8, 4) is 0 Å². The summed E-state index contributed by atoms with van der Waals surface area (Å²) in [5.41, 5.74) is 1.80. The van der Waals surface area contributed by atoms with Crippen molar-refractivity contribution in [3.63, 3.8) is 0 Å². The lowest BCUT2D eigenvalue weighted by Crippen LogP contribution is -2.31. The summed E-state index contributed by atoms with van der Waals surface area (Å²) in [5, 5.41) is 1.22. The molecule has 0 amide bonds. The number of thiazole rings is 1. The molecule has 0 atom stereocenters. The fourth-order valence-electron chi connectivity index (χ4n) is 2.03. The molecule has 1 saturated carbocycles. The van der Waals surface area contributed by atoms with E-state index in [-0.39, 0.29) is 0 Å². The van der Waals surface area contributed by atoms with Gasteiger partial charge in [0.1, 0.15) is 0 Å². The Bertz CT molecular complexity index is 297. The Kier molecular flexibility index (Phi) is 1.76. The largest absolute Gasteiger partial charge is 0.246 e. The van der Waals surface area contributed by atoms with Crippen molar-refractivity contribution in [2.45, 2.75) is 45.4 Å². The molecule has 0 spiro atoms. The highest BCUT2D eigenvalue weighted by molar-refractivity contribution is 7.11. The van der Waals surface area contributed by atoms with Crippen molar-refractivity contribution < 1.29 is 0 Å². The smallest absolute Gasteiger partial charge is 0.0900 e. The molecular formula is C10H15NS. The van der Waals surface area contributed by atoms with E-state index in [0.717, 1.165) is 0 Å². The maximum atomic E-state index is 4.62. The maximum Gasteiger partial charge on any atom is 0.0900 e. The molecule has 0 saturated heterocycles. The molecule has 1 fully saturated rings. The van der Waals surface area contributed by atoms with Crippen LogP contribution in [0.25, 0.3) is 0 Å². The number of nitrogens with zero attached hydrogens (tertiary/aromatic N) is 1. The molecule has 12 heavy (non-hydrogen) atoms. The highest BCUT2D eigenvalue weighted by atomic mass is 32.1. The highest BCUT2D eigenvalue weighted by Crippen LogP contribution is 2.44. The predicted molar refractivity (Wildman–Crippen MR) is 52.8 cm³/mol. The molecule has 0 radical (unpaired) electrons. The van der Waals surface area contributed by atoms with Gasteiger partial charge in [0.25, 0.3) is 0 Å². The van der Waals surface area contributed by atoms with Crippen LogP contribution in [0.2, 0.25) is 0 Å². The monoisotopic (exact) mass is 181 g/mol. The average molecular weight is 181 g/mol. The summed E-state index contributed by atoms with van der Waals surface area (Å²) in [7, 11) is 0. The predicted octanol–water partition coefficient (Wildman–Crippen LogP) is 3.20. The molecule has 0 aromatic carbocycles. The van der Waals surface area contributed by atoms with Crippen LogP contribution in [0.3, 0.4) is 0 Å². The van der Waals surface area contributed by atoms with Crippen molar-refractivity contribution in [1.82, 2.24) is 4.98 Å². The van der Waals surface area contributed by atoms with Gasteiger partial charge in [0.15, 0.2) is 0 Å². The molecule has 66 valence electrons. The molecule has 0 N–H and O–H groups in total. The SMILES string of the molecule is Cc1nc(C2(C)CCC2)c(C)s1. The Labute approximate surface area is 77.8 Å². The maximum absolute atomic E-state index is 4.62. The molecule has 1 aromatic rings. The lowest BCUT2D eigenvalue weighted by Gasteiger charge is -2.37. The molecule has 1 heterocycles. The number of hydrogen-bond acceptors (Lipinski definition) is 2. The molecule has 0 bridgehead atoms. The van der Waals surface area contributed by atoms with Crippen LogP contribution >= 0.6 is 11.3 Å². The van der Waals surface area contributed by atoms with Crippen LogP contribution in [0.4, 0.5) is 0 Å². The van der Waals surface area contributed by atoms with Gasteiger partial charge in [0.2, 0.25) is 0 Å². The Morgan fingerprint density at radius 3 is 2.33 bits per heavy atom.